The number of nitrogens with zero attached hydrogens (tertiary/aromatic N) is 2. The Balaban J connectivity index is 2.34. The number of hydrogen-bond donors (Lipinski definition) is 2. The first kappa shape index (κ1) is 10.3. The molecule has 5 heteroatoms. The van der Waals surface area contributed by atoms with E-state index in [4.69, 9.17) is 5.11 Å². The number of H-pyrrole nitrogens is 1. The molecule has 0 fully saturated rings. The maximum atomic E-state index is 8.84. The first-order valence-corrected chi connectivity index (χ1v) is 5.36. The molecule has 4 nitrogen and oxygen atoms in total. The van der Waals surface area contributed by atoms with Gasteiger partial charge in [-0.3, -0.25) is 4.98 Å². The Hall–Kier alpha value is -1.20. The van der Waals surface area contributed by atoms with Crippen molar-refractivity contribution < 1.29 is 5.11 Å². The summed E-state index contributed by atoms with van der Waals surface area (Å²) in [5.41, 5.74) is 1.83. The molecule has 15 heavy (non-hydrogen) atoms. The summed E-state index contributed by atoms with van der Waals surface area (Å²) >= 11 is 3.34. The van der Waals surface area contributed by atoms with Crippen LogP contribution in [0, 0.1) is 0 Å². The van der Waals surface area contributed by atoms with Crippen LogP contribution in [-0.4, -0.2) is 26.7 Å². The van der Waals surface area contributed by atoms with E-state index in [9.17, 15) is 0 Å². The number of rotatable bonds is 3. The number of aromatic nitrogens is 3. The van der Waals surface area contributed by atoms with E-state index in [-0.39, 0.29) is 6.61 Å². The Bertz CT molecular complexity index is 441. The highest BCUT2D eigenvalue weighted by Gasteiger charge is 2.08. The van der Waals surface area contributed by atoms with Gasteiger partial charge >= 0.3 is 0 Å². The molecule has 2 N–H and O–H groups in total. The van der Waals surface area contributed by atoms with Crippen LogP contribution >= 0.6 is 15.9 Å². The van der Waals surface area contributed by atoms with Crippen molar-refractivity contribution >= 4 is 15.9 Å². The highest BCUT2D eigenvalue weighted by Crippen LogP contribution is 2.21. The van der Waals surface area contributed by atoms with Gasteiger partial charge in [-0.05, 0) is 28.1 Å². The molecule has 0 spiro atoms. The maximum Gasteiger partial charge on any atom is 0.140 e. The Labute approximate surface area is 95.5 Å². The van der Waals surface area contributed by atoms with Gasteiger partial charge in [-0.15, -0.1) is 0 Å². The molecule has 2 aromatic heterocycles. The van der Waals surface area contributed by atoms with Crippen LogP contribution in [0.2, 0.25) is 0 Å². The van der Waals surface area contributed by atoms with E-state index in [0.717, 1.165) is 21.7 Å². The normalized spacial score (nSPS) is 10.5. The highest BCUT2D eigenvalue weighted by atomic mass is 79.9. The van der Waals surface area contributed by atoms with Crippen LogP contribution in [0.4, 0.5) is 0 Å². The van der Waals surface area contributed by atoms with Crippen LogP contribution < -0.4 is 0 Å². The average molecular weight is 268 g/mol. The second-order valence-electron chi connectivity index (χ2n) is 3.07. The van der Waals surface area contributed by atoms with Crippen LogP contribution in [-0.2, 0) is 6.42 Å². The molecule has 0 radical (unpaired) electrons. The number of imidazole rings is 1. The molecule has 0 aromatic carbocycles. The summed E-state index contributed by atoms with van der Waals surface area (Å²) in [6.07, 6.45) is 4.03. The zero-order valence-electron chi connectivity index (χ0n) is 7.94. The summed E-state index contributed by atoms with van der Waals surface area (Å²) in [5, 5.41) is 8.84. The second kappa shape index (κ2) is 4.55. The van der Waals surface area contributed by atoms with E-state index in [1.54, 1.807) is 12.4 Å². The molecule has 0 aliphatic heterocycles. The van der Waals surface area contributed by atoms with E-state index in [0.29, 0.717) is 6.42 Å². The summed E-state index contributed by atoms with van der Waals surface area (Å²) in [4.78, 5) is 11.5. The molecule has 2 aromatic rings. The zero-order chi connectivity index (χ0) is 10.7. The minimum atomic E-state index is 0.104. The summed E-state index contributed by atoms with van der Waals surface area (Å²) in [6.45, 7) is 0.104. The van der Waals surface area contributed by atoms with E-state index < -0.39 is 0 Å². The van der Waals surface area contributed by atoms with Crippen molar-refractivity contribution in [3.63, 3.8) is 0 Å². The summed E-state index contributed by atoms with van der Waals surface area (Å²) in [7, 11) is 0. The van der Waals surface area contributed by atoms with Gasteiger partial charge in [-0.2, -0.15) is 0 Å². The summed E-state index contributed by atoms with van der Waals surface area (Å²) in [6, 6.07) is 3.79. The monoisotopic (exact) mass is 267 g/mol. The Morgan fingerprint density at radius 3 is 3.00 bits per heavy atom. The van der Waals surface area contributed by atoms with E-state index >= 15 is 0 Å². The van der Waals surface area contributed by atoms with Gasteiger partial charge in [-0.1, -0.05) is 0 Å². The molecule has 0 aliphatic rings. The molecule has 78 valence electrons. The lowest BCUT2D eigenvalue weighted by molar-refractivity contribution is 0.298. The van der Waals surface area contributed by atoms with E-state index in [2.05, 4.69) is 30.9 Å². The highest BCUT2D eigenvalue weighted by molar-refractivity contribution is 9.10. The minimum absolute atomic E-state index is 0.104. The third-order valence-corrected chi connectivity index (χ3v) is 2.68. The lowest BCUT2D eigenvalue weighted by Gasteiger charge is -1.94. The van der Waals surface area contributed by atoms with Crippen molar-refractivity contribution in [2.24, 2.45) is 0 Å². The van der Waals surface area contributed by atoms with Crippen LogP contribution in [0.1, 0.15) is 5.69 Å². The SMILES string of the molecule is OCCc1[nH]c(-c2cccnc2)nc1Br. The molecule has 0 atom stereocenters. The van der Waals surface area contributed by atoms with Crippen molar-refractivity contribution in [3.8, 4) is 11.4 Å². The smallest absolute Gasteiger partial charge is 0.140 e. The van der Waals surface area contributed by atoms with Gasteiger partial charge in [0.2, 0.25) is 0 Å². The van der Waals surface area contributed by atoms with Crippen molar-refractivity contribution in [3.05, 3.63) is 34.8 Å². The largest absolute Gasteiger partial charge is 0.396 e. The molecule has 2 rings (SSSR count). The lowest BCUT2D eigenvalue weighted by atomic mass is 10.3. The van der Waals surface area contributed by atoms with Crippen molar-refractivity contribution in [2.75, 3.05) is 6.61 Å². The van der Waals surface area contributed by atoms with Gasteiger partial charge in [0.25, 0.3) is 0 Å². The number of halogens is 1. The zero-order valence-corrected chi connectivity index (χ0v) is 9.53. The maximum absolute atomic E-state index is 8.84. The number of aliphatic hydroxyl groups excluding tert-OH is 1. The summed E-state index contributed by atoms with van der Waals surface area (Å²) in [5.74, 6) is 0.762. The first-order valence-electron chi connectivity index (χ1n) is 4.57. The fraction of sp³-hybridized carbons (Fsp3) is 0.200. The van der Waals surface area contributed by atoms with Gasteiger partial charge in [0, 0.05) is 31.0 Å². The number of pyridine rings is 1. The lowest BCUT2D eigenvalue weighted by Crippen LogP contribution is -1.91. The van der Waals surface area contributed by atoms with Gasteiger partial charge in [-0.25, -0.2) is 4.98 Å². The number of aliphatic hydroxyl groups is 1. The van der Waals surface area contributed by atoms with Gasteiger partial charge in [0.05, 0.1) is 5.69 Å². The van der Waals surface area contributed by atoms with Crippen LogP contribution in [0.15, 0.2) is 29.1 Å². The van der Waals surface area contributed by atoms with Gasteiger partial charge < -0.3 is 10.1 Å². The van der Waals surface area contributed by atoms with E-state index in [1.165, 1.54) is 0 Å². The second-order valence-corrected chi connectivity index (χ2v) is 3.82. The molecule has 0 bridgehead atoms. The Kier molecular flexibility index (Phi) is 3.13. The van der Waals surface area contributed by atoms with Crippen molar-refractivity contribution in [1.29, 1.82) is 0 Å². The number of hydrogen-bond acceptors (Lipinski definition) is 3. The molecule has 0 saturated heterocycles. The topological polar surface area (TPSA) is 61.8 Å². The minimum Gasteiger partial charge on any atom is -0.396 e. The predicted molar refractivity (Wildman–Crippen MR) is 60.3 cm³/mol. The third kappa shape index (κ3) is 2.24. The fourth-order valence-electron chi connectivity index (χ4n) is 1.31. The molecule has 0 aliphatic carbocycles. The molecule has 2 heterocycles. The van der Waals surface area contributed by atoms with Crippen molar-refractivity contribution in [2.45, 2.75) is 6.42 Å². The summed E-state index contributed by atoms with van der Waals surface area (Å²) < 4.78 is 0.746. The van der Waals surface area contributed by atoms with Crippen LogP contribution in [0.25, 0.3) is 11.4 Å². The molecular weight excluding hydrogens is 258 g/mol. The number of aromatic amines is 1. The molecule has 0 saturated carbocycles. The quantitative estimate of drug-likeness (QED) is 0.891. The average Bonchev–Trinajstić information content (AvgIpc) is 2.63. The van der Waals surface area contributed by atoms with Crippen LogP contribution in [0.3, 0.4) is 0 Å². The standard InChI is InChI=1S/C10H10BrN3O/c11-9-8(3-5-15)13-10(14-9)7-2-1-4-12-6-7/h1-2,4,6,15H,3,5H2,(H,13,14). The van der Waals surface area contributed by atoms with Crippen molar-refractivity contribution in [1.82, 2.24) is 15.0 Å². The third-order valence-electron chi connectivity index (χ3n) is 2.03. The van der Waals surface area contributed by atoms with Gasteiger partial charge in [0.15, 0.2) is 0 Å². The van der Waals surface area contributed by atoms with E-state index in [1.807, 2.05) is 12.1 Å². The molecule has 0 unspecified atom stereocenters. The Morgan fingerprint density at radius 2 is 2.33 bits per heavy atom. The van der Waals surface area contributed by atoms with Crippen LogP contribution in [0.5, 0.6) is 0 Å². The van der Waals surface area contributed by atoms with Gasteiger partial charge in [0.1, 0.15) is 10.4 Å². The Morgan fingerprint density at radius 1 is 1.47 bits per heavy atom. The fourth-order valence-corrected chi connectivity index (χ4v) is 1.78. The predicted octanol–water partition coefficient (Wildman–Crippen LogP) is 1.77. The molecule has 0 amide bonds. The number of nitrogens with one attached hydrogen (secondary N) is 1. The first-order chi connectivity index (χ1) is 7.31. The molecular formula is C10H10BrN3O.